The van der Waals surface area contributed by atoms with Crippen molar-refractivity contribution in [2.75, 3.05) is 10.5 Å². The zero-order valence-electron chi connectivity index (χ0n) is 10.5. The fraction of sp³-hybridized carbons (Fsp3) is 0.0769. The molecule has 0 heterocycles. The Hall–Kier alpha value is -1.43. The van der Waals surface area contributed by atoms with Crippen molar-refractivity contribution in [1.82, 2.24) is 0 Å². The topological polar surface area (TPSA) is 72.2 Å². The molecule has 2 aromatic carbocycles. The maximum atomic E-state index is 12.2. The van der Waals surface area contributed by atoms with E-state index in [0.717, 1.165) is 5.56 Å². The van der Waals surface area contributed by atoms with Gasteiger partial charge in [0.25, 0.3) is 10.0 Å². The summed E-state index contributed by atoms with van der Waals surface area (Å²) in [6.45, 7) is 1.78. The normalized spacial score (nSPS) is 11.3. The van der Waals surface area contributed by atoms with Crippen LogP contribution < -0.4 is 10.5 Å². The molecule has 3 N–H and O–H groups in total. The molecule has 0 amide bonds. The van der Waals surface area contributed by atoms with Gasteiger partial charge in [-0.15, -0.1) is 0 Å². The predicted octanol–water partition coefficient (Wildman–Crippen LogP) is 3.68. The summed E-state index contributed by atoms with van der Waals surface area (Å²) in [6.07, 6.45) is 0. The smallest absolute Gasteiger partial charge is 0.262 e. The van der Waals surface area contributed by atoms with E-state index in [1.54, 1.807) is 25.1 Å². The third kappa shape index (κ3) is 3.17. The maximum absolute atomic E-state index is 12.2. The van der Waals surface area contributed by atoms with Gasteiger partial charge in [-0.2, -0.15) is 0 Å². The van der Waals surface area contributed by atoms with Crippen molar-refractivity contribution in [3.63, 3.8) is 0 Å². The molecule has 0 unspecified atom stereocenters. The number of halogens is 2. The van der Waals surface area contributed by atoms with Crippen LogP contribution in [0.2, 0.25) is 10.0 Å². The fourth-order valence-electron chi connectivity index (χ4n) is 1.61. The highest BCUT2D eigenvalue weighted by molar-refractivity contribution is 7.92. The van der Waals surface area contributed by atoms with E-state index < -0.39 is 10.0 Å². The van der Waals surface area contributed by atoms with Crippen molar-refractivity contribution >= 4 is 44.6 Å². The van der Waals surface area contributed by atoms with Crippen LogP contribution in [0.25, 0.3) is 0 Å². The molecule has 4 nitrogen and oxygen atoms in total. The average molecular weight is 331 g/mol. The van der Waals surface area contributed by atoms with Crippen molar-refractivity contribution in [2.24, 2.45) is 0 Å². The number of sulfonamides is 1. The van der Waals surface area contributed by atoms with Gasteiger partial charge in [-0.1, -0.05) is 29.3 Å². The van der Waals surface area contributed by atoms with Crippen LogP contribution in [0.15, 0.2) is 41.3 Å². The summed E-state index contributed by atoms with van der Waals surface area (Å²) in [6, 6.07) is 9.06. The first kappa shape index (κ1) is 15.0. The van der Waals surface area contributed by atoms with E-state index in [1.807, 2.05) is 0 Å². The minimum absolute atomic E-state index is 0.0604. The number of nitrogens with two attached hydrogens (primary N) is 1. The molecular formula is C13H12Cl2N2O2S. The second-order valence-corrected chi connectivity index (χ2v) is 6.76. The standard InChI is InChI=1S/C13H12Cl2N2O2S/c1-8-5-12(15)13(7-11(8)14)17-20(18,19)10-4-2-3-9(16)6-10/h2-7,17H,16H2,1H3. The largest absolute Gasteiger partial charge is 0.399 e. The number of nitrogen functional groups attached to an aromatic ring is 1. The SMILES string of the molecule is Cc1cc(Cl)c(NS(=O)(=O)c2cccc(N)c2)cc1Cl. The molecule has 2 rings (SSSR count). The van der Waals surface area contributed by atoms with Gasteiger partial charge >= 0.3 is 0 Å². The fourth-order valence-corrected chi connectivity index (χ4v) is 3.22. The molecule has 0 saturated heterocycles. The number of anilines is 2. The molecule has 0 aliphatic heterocycles. The van der Waals surface area contributed by atoms with Crippen LogP contribution in [0.1, 0.15) is 5.56 Å². The Labute approximate surface area is 127 Å². The third-order valence-corrected chi connectivity index (χ3v) is 4.74. The molecule has 0 spiro atoms. The van der Waals surface area contributed by atoms with Crippen LogP contribution in [-0.4, -0.2) is 8.42 Å². The molecule has 0 aliphatic rings. The van der Waals surface area contributed by atoms with E-state index >= 15 is 0 Å². The number of benzene rings is 2. The van der Waals surface area contributed by atoms with E-state index in [4.69, 9.17) is 28.9 Å². The highest BCUT2D eigenvalue weighted by Gasteiger charge is 2.16. The van der Waals surface area contributed by atoms with Crippen LogP contribution in [0.4, 0.5) is 11.4 Å². The summed E-state index contributed by atoms with van der Waals surface area (Å²) >= 11 is 12.0. The molecule has 0 aliphatic carbocycles. The van der Waals surface area contributed by atoms with E-state index in [-0.39, 0.29) is 15.6 Å². The van der Waals surface area contributed by atoms with Crippen LogP contribution in [0.5, 0.6) is 0 Å². The van der Waals surface area contributed by atoms with E-state index in [1.165, 1.54) is 18.2 Å². The quantitative estimate of drug-likeness (QED) is 0.843. The van der Waals surface area contributed by atoms with Crippen molar-refractivity contribution in [3.8, 4) is 0 Å². The van der Waals surface area contributed by atoms with Crippen LogP contribution in [0.3, 0.4) is 0 Å². The summed E-state index contributed by atoms with van der Waals surface area (Å²) < 4.78 is 26.9. The van der Waals surface area contributed by atoms with E-state index in [2.05, 4.69) is 4.72 Å². The molecule has 0 bridgehead atoms. The molecule has 2 aromatic rings. The lowest BCUT2D eigenvalue weighted by Gasteiger charge is -2.11. The minimum atomic E-state index is -3.76. The Morgan fingerprint density at radius 3 is 2.45 bits per heavy atom. The second kappa shape index (κ2) is 5.52. The van der Waals surface area contributed by atoms with Crippen molar-refractivity contribution in [2.45, 2.75) is 11.8 Å². The van der Waals surface area contributed by atoms with Crippen LogP contribution in [0, 0.1) is 6.92 Å². The number of rotatable bonds is 3. The van der Waals surface area contributed by atoms with E-state index in [9.17, 15) is 8.42 Å². The molecule has 20 heavy (non-hydrogen) atoms. The first-order valence-corrected chi connectivity index (χ1v) is 7.87. The van der Waals surface area contributed by atoms with Gasteiger partial charge in [-0.05, 0) is 42.8 Å². The highest BCUT2D eigenvalue weighted by Crippen LogP contribution is 2.30. The number of aryl methyl sites for hydroxylation is 1. The lowest BCUT2D eigenvalue weighted by molar-refractivity contribution is 0.601. The molecule has 0 radical (unpaired) electrons. The number of hydrogen-bond acceptors (Lipinski definition) is 3. The Balaban J connectivity index is 2.41. The van der Waals surface area contributed by atoms with Gasteiger partial charge in [0.2, 0.25) is 0 Å². The summed E-state index contributed by atoms with van der Waals surface area (Å²) in [7, 11) is -3.76. The maximum Gasteiger partial charge on any atom is 0.262 e. The Kier molecular flexibility index (Phi) is 4.13. The predicted molar refractivity (Wildman–Crippen MR) is 82.9 cm³/mol. The van der Waals surface area contributed by atoms with Crippen molar-refractivity contribution in [1.29, 1.82) is 0 Å². The third-order valence-electron chi connectivity index (χ3n) is 2.66. The highest BCUT2D eigenvalue weighted by atomic mass is 35.5. The number of hydrogen-bond donors (Lipinski definition) is 2. The Morgan fingerprint density at radius 1 is 1.10 bits per heavy atom. The Bertz CT molecular complexity index is 761. The lowest BCUT2D eigenvalue weighted by atomic mass is 10.2. The Morgan fingerprint density at radius 2 is 1.80 bits per heavy atom. The zero-order valence-corrected chi connectivity index (χ0v) is 12.9. The molecule has 106 valence electrons. The minimum Gasteiger partial charge on any atom is -0.399 e. The number of nitrogens with one attached hydrogen (secondary N) is 1. The molecule has 0 aromatic heterocycles. The van der Waals surface area contributed by atoms with Gasteiger partial charge in [0.05, 0.1) is 15.6 Å². The zero-order chi connectivity index (χ0) is 14.9. The first-order valence-electron chi connectivity index (χ1n) is 5.63. The second-order valence-electron chi connectivity index (χ2n) is 4.26. The summed E-state index contributed by atoms with van der Waals surface area (Å²) in [5.41, 5.74) is 6.94. The van der Waals surface area contributed by atoms with Crippen LogP contribution >= 0.6 is 23.2 Å². The van der Waals surface area contributed by atoms with Gasteiger partial charge in [0, 0.05) is 10.7 Å². The first-order chi connectivity index (χ1) is 9.29. The van der Waals surface area contributed by atoms with Crippen LogP contribution in [-0.2, 0) is 10.0 Å². The lowest BCUT2D eigenvalue weighted by Crippen LogP contribution is -2.13. The van der Waals surface area contributed by atoms with Crippen molar-refractivity contribution in [3.05, 3.63) is 52.0 Å². The van der Waals surface area contributed by atoms with Gasteiger partial charge < -0.3 is 5.73 Å². The van der Waals surface area contributed by atoms with Gasteiger partial charge in [-0.25, -0.2) is 8.42 Å². The summed E-state index contributed by atoms with van der Waals surface area (Å²) in [4.78, 5) is 0.0604. The molecule has 7 heteroatoms. The van der Waals surface area contributed by atoms with E-state index in [0.29, 0.717) is 10.7 Å². The monoisotopic (exact) mass is 330 g/mol. The summed E-state index contributed by atoms with van der Waals surface area (Å²) in [5, 5.41) is 0.707. The van der Waals surface area contributed by atoms with Crippen molar-refractivity contribution < 1.29 is 8.42 Å². The van der Waals surface area contributed by atoms with Gasteiger partial charge in [-0.3, -0.25) is 4.72 Å². The average Bonchev–Trinajstić information content (AvgIpc) is 2.36. The molecule has 0 saturated carbocycles. The summed E-state index contributed by atoms with van der Waals surface area (Å²) in [5.74, 6) is 0. The van der Waals surface area contributed by atoms with Gasteiger partial charge in [0.15, 0.2) is 0 Å². The molecular weight excluding hydrogens is 319 g/mol. The van der Waals surface area contributed by atoms with Gasteiger partial charge in [0.1, 0.15) is 0 Å². The molecule has 0 atom stereocenters. The molecule has 0 fully saturated rings.